The minimum Gasteiger partial charge on any atom is -0.497 e. The third-order valence-electron chi connectivity index (χ3n) is 4.91. The Labute approximate surface area is 167 Å². The van der Waals surface area contributed by atoms with Crippen LogP contribution in [0.4, 0.5) is 5.69 Å². The summed E-state index contributed by atoms with van der Waals surface area (Å²) >= 11 is 0. The molecule has 0 amide bonds. The molecule has 0 atom stereocenters. The number of benzene rings is 1. The number of ether oxygens (including phenoxy) is 1. The van der Waals surface area contributed by atoms with Gasteiger partial charge in [0.05, 0.1) is 12.8 Å². The number of aliphatic imine (C=N–C) groups is 1. The average Bonchev–Trinajstić information content (AvgIpc) is 3.21. The van der Waals surface area contributed by atoms with E-state index in [2.05, 4.69) is 53.2 Å². The molecule has 0 saturated carbocycles. The molecule has 0 unspecified atom stereocenters. The van der Waals surface area contributed by atoms with Gasteiger partial charge < -0.3 is 24.4 Å². The van der Waals surface area contributed by atoms with E-state index in [0.717, 1.165) is 55.9 Å². The first-order valence-electron chi connectivity index (χ1n) is 9.98. The highest BCUT2D eigenvalue weighted by molar-refractivity contribution is 5.80. The summed E-state index contributed by atoms with van der Waals surface area (Å²) < 4.78 is 10.7. The smallest absolute Gasteiger partial charge is 0.194 e. The van der Waals surface area contributed by atoms with Gasteiger partial charge in [0.25, 0.3) is 0 Å². The highest BCUT2D eigenvalue weighted by Gasteiger charge is 2.20. The molecule has 1 aromatic carbocycles. The van der Waals surface area contributed by atoms with Crippen LogP contribution in [0, 0.1) is 0 Å². The van der Waals surface area contributed by atoms with Crippen LogP contribution in [0.15, 0.2) is 39.8 Å². The molecule has 152 valence electrons. The van der Waals surface area contributed by atoms with E-state index in [1.807, 2.05) is 18.2 Å². The monoisotopic (exact) mass is 385 g/mol. The maximum atomic E-state index is 5.41. The second-order valence-corrected chi connectivity index (χ2v) is 7.22. The summed E-state index contributed by atoms with van der Waals surface area (Å²) in [7, 11) is 1.69. The van der Waals surface area contributed by atoms with Crippen molar-refractivity contribution in [3.8, 4) is 5.75 Å². The lowest BCUT2D eigenvalue weighted by Crippen LogP contribution is -2.52. The molecule has 7 nitrogen and oxygen atoms in total. The van der Waals surface area contributed by atoms with Crippen LogP contribution >= 0.6 is 0 Å². The van der Waals surface area contributed by atoms with Crippen LogP contribution in [0.1, 0.15) is 38.1 Å². The molecule has 28 heavy (non-hydrogen) atoms. The van der Waals surface area contributed by atoms with Crippen molar-refractivity contribution in [1.29, 1.82) is 0 Å². The highest BCUT2D eigenvalue weighted by Crippen LogP contribution is 2.20. The fourth-order valence-electron chi connectivity index (χ4n) is 3.22. The first kappa shape index (κ1) is 20.0. The molecule has 2 aromatic rings. The lowest BCUT2D eigenvalue weighted by Gasteiger charge is -2.37. The van der Waals surface area contributed by atoms with Crippen molar-refractivity contribution in [2.45, 2.75) is 33.2 Å². The lowest BCUT2D eigenvalue weighted by molar-refractivity contribution is 0.363. The van der Waals surface area contributed by atoms with Crippen LogP contribution in [-0.4, -0.2) is 55.8 Å². The van der Waals surface area contributed by atoms with Gasteiger partial charge in [0.2, 0.25) is 0 Å². The van der Waals surface area contributed by atoms with Crippen molar-refractivity contribution in [1.82, 2.24) is 15.4 Å². The number of hydrogen-bond donors (Lipinski definition) is 1. The van der Waals surface area contributed by atoms with E-state index in [9.17, 15) is 0 Å². The summed E-state index contributed by atoms with van der Waals surface area (Å²) in [5, 5.41) is 7.51. The van der Waals surface area contributed by atoms with Crippen LogP contribution in [-0.2, 0) is 6.54 Å². The molecule has 0 spiro atoms. The molecule has 1 fully saturated rings. The Morgan fingerprint density at radius 2 is 1.93 bits per heavy atom. The standard InChI is InChI=1S/C21H31N5O2/c1-5-22-21(23-15-19-14-20(16(2)3)24-28-19)26-12-10-25(11-13-26)17-6-8-18(27-4)9-7-17/h6-9,14,16H,5,10-13,15H2,1-4H3,(H,22,23). The Morgan fingerprint density at radius 3 is 2.50 bits per heavy atom. The van der Waals surface area contributed by atoms with Crippen LogP contribution in [0.3, 0.4) is 0 Å². The van der Waals surface area contributed by atoms with Crippen LogP contribution < -0.4 is 15.0 Å². The number of rotatable bonds is 6. The molecular formula is C21H31N5O2. The third kappa shape index (κ3) is 4.97. The number of piperazine rings is 1. The number of methoxy groups -OCH3 is 1. The number of nitrogens with one attached hydrogen (secondary N) is 1. The van der Waals surface area contributed by atoms with Gasteiger partial charge in [-0.2, -0.15) is 0 Å². The van der Waals surface area contributed by atoms with E-state index in [0.29, 0.717) is 12.5 Å². The molecule has 0 aliphatic carbocycles. The molecule has 1 aliphatic heterocycles. The SMILES string of the molecule is CCNC(=NCc1cc(C(C)C)no1)N1CCN(c2ccc(OC)cc2)CC1. The molecule has 1 aromatic heterocycles. The fraction of sp³-hybridized carbons (Fsp3) is 0.524. The summed E-state index contributed by atoms with van der Waals surface area (Å²) in [6.45, 7) is 11.4. The quantitative estimate of drug-likeness (QED) is 0.609. The van der Waals surface area contributed by atoms with Gasteiger partial charge in [-0.15, -0.1) is 0 Å². The first-order chi connectivity index (χ1) is 13.6. The zero-order valence-corrected chi connectivity index (χ0v) is 17.3. The number of hydrogen-bond acceptors (Lipinski definition) is 5. The number of guanidine groups is 1. The van der Waals surface area contributed by atoms with Crippen molar-refractivity contribution < 1.29 is 9.26 Å². The Balaban J connectivity index is 1.59. The molecule has 0 radical (unpaired) electrons. The minimum atomic E-state index is 0.362. The summed E-state index contributed by atoms with van der Waals surface area (Å²) in [5.74, 6) is 2.98. The molecule has 3 rings (SSSR count). The van der Waals surface area contributed by atoms with Gasteiger partial charge in [-0.05, 0) is 37.1 Å². The third-order valence-corrected chi connectivity index (χ3v) is 4.91. The molecule has 2 heterocycles. The predicted octanol–water partition coefficient (Wildman–Crippen LogP) is 3.09. The number of anilines is 1. The Kier molecular flexibility index (Phi) is 6.79. The van der Waals surface area contributed by atoms with Crippen LogP contribution in [0.25, 0.3) is 0 Å². The summed E-state index contributed by atoms with van der Waals surface area (Å²) in [4.78, 5) is 9.47. The predicted molar refractivity (Wildman–Crippen MR) is 112 cm³/mol. The fourth-order valence-corrected chi connectivity index (χ4v) is 3.22. The second-order valence-electron chi connectivity index (χ2n) is 7.22. The molecule has 7 heteroatoms. The van der Waals surface area contributed by atoms with Crippen molar-refractivity contribution in [3.63, 3.8) is 0 Å². The van der Waals surface area contributed by atoms with Gasteiger partial charge in [-0.1, -0.05) is 19.0 Å². The Morgan fingerprint density at radius 1 is 1.21 bits per heavy atom. The Hall–Kier alpha value is -2.70. The second kappa shape index (κ2) is 9.48. The maximum absolute atomic E-state index is 5.41. The zero-order chi connectivity index (χ0) is 19.9. The Bertz CT molecular complexity index is 761. The number of nitrogens with zero attached hydrogens (tertiary/aromatic N) is 4. The summed E-state index contributed by atoms with van der Waals surface area (Å²) in [5.41, 5.74) is 2.20. The van der Waals surface area contributed by atoms with Crippen molar-refractivity contribution in [2.75, 3.05) is 44.7 Å². The van der Waals surface area contributed by atoms with E-state index >= 15 is 0 Å². The first-order valence-corrected chi connectivity index (χ1v) is 9.98. The normalized spacial score (nSPS) is 15.2. The lowest BCUT2D eigenvalue weighted by atomic mass is 10.1. The zero-order valence-electron chi connectivity index (χ0n) is 17.3. The van der Waals surface area contributed by atoms with Crippen molar-refractivity contribution in [2.24, 2.45) is 4.99 Å². The molecular weight excluding hydrogens is 354 g/mol. The van der Waals surface area contributed by atoms with Crippen LogP contribution in [0.2, 0.25) is 0 Å². The van der Waals surface area contributed by atoms with Gasteiger partial charge in [0.1, 0.15) is 12.3 Å². The van der Waals surface area contributed by atoms with E-state index < -0.39 is 0 Å². The topological polar surface area (TPSA) is 66.1 Å². The van der Waals surface area contributed by atoms with Gasteiger partial charge in [0, 0.05) is 44.5 Å². The average molecular weight is 386 g/mol. The molecule has 1 N–H and O–H groups in total. The molecule has 0 bridgehead atoms. The van der Waals surface area contributed by atoms with Crippen molar-refractivity contribution >= 4 is 11.6 Å². The van der Waals surface area contributed by atoms with Gasteiger partial charge in [0.15, 0.2) is 11.7 Å². The summed E-state index contributed by atoms with van der Waals surface area (Å²) in [6, 6.07) is 10.2. The van der Waals surface area contributed by atoms with Crippen molar-refractivity contribution in [3.05, 3.63) is 41.8 Å². The maximum Gasteiger partial charge on any atom is 0.194 e. The van der Waals surface area contributed by atoms with E-state index in [1.54, 1.807) is 7.11 Å². The summed E-state index contributed by atoms with van der Waals surface area (Å²) in [6.07, 6.45) is 0. The van der Waals surface area contributed by atoms with Crippen LogP contribution in [0.5, 0.6) is 5.75 Å². The number of aromatic nitrogens is 1. The minimum absolute atomic E-state index is 0.362. The van der Waals surface area contributed by atoms with Gasteiger partial charge >= 0.3 is 0 Å². The molecule has 1 saturated heterocycles. The van der Waals surface area contributed by atoms with E-state index in [1.165, 1.54) is 5.69 Å². The van der Waals surface area contributed by atoms with E-state index in [-0.39, 0.29) is 0 Å². The largest absolute Gasteiger partial charge is 0.497 e. The van der Waals surface area contributed by atoms with E-state index in [4.69, 9.17) is 14.3 Å². The molecule has 1 aliphatic rings. The highest BCUT2D eigenvalue weighted by atomic mass is 16.5. The van der Waals surface area contributed by atoms with Gasteiger partial charge in [-0.3, -0.25) is 0 Å². The van der Waals surface area contributed by atoms with Gasteiger partial charge in [-0.25, -0.2) is 4.99 Å².